The maximum absolute atomic E-state index is 12.1. The Morgan fingerprint density at radius 1 is 1.20 bits per heavy atom. The highest BCUT2D eigenvalue weighted by atomic mass is 16.1. The van der Waals surface area contributed by atoms with Gasteiger partial charge in [0.15, 0.2) is 0 Å². The predicted molar refractivity (Wildman–Crippen MR) is 80.9 cm³/mol. The van der Waals surface area contributed by atoms with Gasteiger partial charge in [-0.2, -0.15) is 0 Å². The first-order valence-electron chi connectivity index (χ1n) is 7.52. The summed E-state index contributed by atoms with van der Waals surface area (Å²) in [4.78, 5) is 12.1. The Morgan fingerprint density at radius 2 is 2.00 bits per heavy atom. The Hall–Kier alpha value is -1.83. The molecule has 0 spiro atoms. The van der Waals surface area contributed by atoms with Crippen LogP contribution in [0, 0.1) is 0 Å². The normalized spacial score (nSPS) is 18.1. The zero-order valence-corrected chi connectivity index (χ0v) is 12.0. The van der Waals surface area contributed by atoms with Gasteiger partial charge in [-0.05, 0) is 30.0 Å². The highest BCUT2D eigenvalue weighted by Gasteiger charge is 2.26. The summed E-state index contributed by atoms with van der Waals surface area (Å²) in [5.74, 6) is 0.384. The number of nitrogens with zero attached hydrogens (tertiary/aromatic N) is 1. The minimum absolute atomic E-state index is 0.291. The third kappa shape index (κ3) is 2.55. The van der Waals surface area contributed by atoms with Crippen LogP contribution in [0.15, 0.2) is 42.6 Å². The molecule has 0 N–H and O–H groups in total. The summed E-state index contributed by atoms with van der Waals surface area (Å²) >= 11 is 0. The van der Waals surface area contributed by atoms with E-state index in [1.807, 2.05) is 6.07 Å². The quantitative estimate of drug-likeness (QED) is 0.827. The van der Waals surface area contributed by atoms with Gasteiger partial charge in [-0.25, -0.2) is 0 Å². The van der Waals surface area contributed by atoms with Crippen LogP contribution in [0.2, 0.25) is 0 Å². The zero-order valence-electron chi connectivity index (χ0n) is 12.0. The van der Waals surface area contributed by atoms with Crippen molar-refractivity contribution in [3.05, 3.63) is 59.4 Å². The smallest absolute Gasteiger partial charge is 0.140 e. The number of carbonyl (C=O) groups is 1. The molecule has 1 aliphatic rings. The van der Waals surface area contributed by atoms with Crippen LogP contribution in [0.3, 0.4) is 0 Å². The number of ketones is 1. The van der Waals surface area contributed by atoms with Crippen LogP contribution < -0.4 is 0 Å². The van der Waals surface area contributed by atoms with E-state index in [9.17, 15) is 4.79 Å². The molecule has 0 bridgehead atoms. The zero-order chi connectivity index (χ0) is 13.9. The lowest BCUT2D eigenvalue weighted by molar-refractivity contribution is -0.120. The Kier molecular flexibility index (Phi) is 3.72. The van der Waals surface area contributed by atoms with Crippen molar-refractivity contribution < 1.29 is 4.79 Å². The first-order valence-corrected chi connectivity index (χ1v) is 7.52. The first kappa shape index (κ1) is 13.2. The summed E-state index contributed by atoms with van der Waals surface area (Å²) in [5, 5.41) is 0. The molecule has 1 aliphatic heterocycles. The van der Waals surface area contributed by atoms with E-state index in [1.54, 1.807) is 0 Å². The van der Waals surface area contributed by atoms with E-state index in [4.69, 9.17) is 0 Å². The molecule has 0 saturated carbocycles. The summed E-state index contributed by atoms with van der Waals surface area (Å²) < 4.78 is 2.35. The van der Waals surface area contributed by atoms with Crippen molar-refractivity contribution >= 4 is 5.78 Å². The van der Waals surface area contributed by atoms with Gasteiger partial charge in [0.1, 0.15) is 5.78 Å². The summed E-state index contributed by atoms with van der Waals surface area (Å²) in [5.41, 5.74) is 3.92. The second kappa shape index (κ2) is 5.66. The standard InChI is InChI=1S/C18H21NO/c1-2-6-15-9-10-19-16(12-17(20)13-18(15)19)11-14-7-4-3-5-8-14/h3-5,7-10,16H,2,6,11-13H2,1H3. The fourth-order valence-corrected chi connectivity index (χ4v) is 3.24. The molecule has 20 heavy (non-hydrogen) atoms. The fraction of sp³-hybridized carbons (Fsp3) is 0.389. The van der Waals surface area contributed by atoms with Crippen LogP contribution >= 0.6 is 0 Å². The number of carbonyl (C=O) groups excluding carboxylic acids is 1. The van der Waals surface area contributed by atoms with Crippen LogP contribution in [0.5, 0.6) is 0 Å². The molecule has 2 nitrogen and oxygen atoms in total. The molecular formula is C18H21NO. The molecule has 2 heteroatoms. The molecule has 1 aromatic carbocycles. The predicted octanol–water partition coefficient (Wildman–Crippen LogP) is 3.74. The molecule has 104 valence electrons. The van der Waals surface area contributed by atoms with Crippen LogP contribution in [-0.4, -0.2) is 10.4 Å². The van der Waals surface area contributed by atoms with Gasteiger partial charge in [-0.1, -0.05) is 43.7 Å². The van der Waals surface area contributed by atoms with Gasteiger partial charge >= 0.3 is 0 Å². The van der Waals surface area contributed by atoms with E-state index in [2.05, 4.69) is 48.0 Å². The van der Waals surface area contributed by atoms with Gasteiger partial charge in [0.25, 0.3) is 0 Å². The second-order valence-electron chi connectivity index (χ2n) is 5.71. The summed E-state index contributed by atoms with van der Waals surface area (Å²) in [6.07, 6.45) is 6.62. The maximum atomic E-state index is 12.1. The highest BCUT2D eigenvalue weighted by molar-refractivity contribution is 5.82. The number of hydrogen-bond acceptors (Lipinski definition) is 1. The summed E-state index contributed by atoms with van der Waals surface area (Å²) in [6, 6.07) is 13.0. The number of aromatic nitrogens is 1. The van der Waals surface area contributed by atoms with Crippen molar-refractivity contribution in [2.75, 3.05) is 0 Å². The largest absolute Gasteiger partial charge is 0.347 e. The number of aryl methyl sites for hydroxylation is 1. The van der Waals surface area contributed by atoms with Gasteiger partial charge in [0.2, 0.25) is 0 Å². The highest BCUT2D eigenvalue weighted by Crippen LogP contribution is 2.29. The second-order valence-corrected chi connectivity index (χ2v) is 5.71. The van der Waals surface area contributed by atoms with Crippen molar-refractivity contribution in [1.29, 1.82) is 0 Å². The first-order chi connectivity index (χ1) is 9.78. The van der Waals surface area contributed by atoms with Gasteiger partial charge in [0.05, 0.1) is 0 Å². The molecule has 1 aromatic heterocycles. The number of benzene rings is 1. The van der Waals surface area contributed by atoms with Crippen molar-refractivity contribution in [2.45, 2.75) is 45.1 Å². The van der Waals surface area contributed by atoms with E-state index < -0.39 is 0 Å². The van der Waals surface area contributed by atoms with Gasteiger partial charge < -0.3 is 4.57 Å². The monoisotopic (exact) mass is 267 g/mol. The Morgan fingerprint density at radius 3 is 2.75 bits per heavy atom. The average Bonchev–Trinajstić information content (AvgIpc) is 2.84. The lowest BCUT2D eigenvalue weighted by Crippen LogP contribution is -2.25. The molecule has 2 aromatic rings. The summed E-state index contributed by atoms with van der Waals surface area (Å²) in [6.45, 7) is 2.19. The average molecular weight is 267 g/mol. The van der Waals surface area contributed by atoms with E-state index in [0.29, 0.717) is 24.7 Å². The molecule has 1 unspecified atom stereocenters. The Bertz CT molecular complexity index is 597. The fourth-order valence-electron chi connectivity index (χ4n) is 3.24. The van der Waals surface area contributed by atoms with Crippen LogP contribution in [0.1, 0.15) is 42.6 Å². The van der Waals surface area contributed by atoms with Crippen molar-refractivity contribution in [3.8, 4) is 0 Å². The van der Waals surface area contributed by atoms with Crippen molar-refractivity contribution in [1.82, 2.24) is 4.57 Å². The third-order valence-corrected chi connectivity index (χ3v) is 4.17. The summed E-state index contributed by atoms with van der Waals surface area (Å²) in [7, 11) is 0. The van der Waals surface area contributed by atoms with E-state index >= 15 is 0 Å². The number of Topliss-reactive ketones (excluding diaryl/α,β-unsaturated/α-hetero) is 1. The topological polar surface area (TPSA) is 22.0 Å². The van der Waals surface area contributed by atoms with Crippen LogP contribution in [0.25, 0.3) is 0 Å². The van der Waals surface area contributed by atoms with E-state index in [1.165, 1.54) is 16.8 Å². The Balaban J connectivity index is 1.88. The number of rotatable bonds is 4. The van der Waals surface area contributed by atoms with Gasteiger partial charge in [-0.15, -0.1) is 0 Å². The van der Waals surface area contributed by atoms with Gasteiger partial charge in [0, 0.05) is 30.8 Å². The molecule has 2 heterocycles. The SMILES string of the molecule is CCCc1ccn2c1CC(=O)CC2Cc1ccccc1. The molecule has 0 saturated heterocycles. The number of fused-ring (bicyclic) bond motifs is 1. The van der Waals surface area contributed by atoms with E-state index in [0.717, 1.165) is 19.3 Å². The molecule has 0 aliphatic carbocycles. The minimum atomic E-state index is 0.291. The molecular weight excluding hydrogens is 246 g/mol. The van der Waals surface area contributed by atoms with Crippen molar-refractivity contribution in [2.24, 2.45) is 0 Å². The lowest BCUT2D eigenvalue weighted by atomic mass is 9.94. The molecule has 0 amide bonds. The van der Waals surface area contributed by atoms with Gasteiger partial charge in [-0.3, -0.25) is 4.79 Å². The van der Waals surface area contributed by atoms with E-state index in [-0.39, 0.29) is 0 Å². The molecule has 0 fully saturated rings. The van der Waals surface area contributed by atoms with Crippen molar-refractivity contribution in [3.63, 3.8) is 0 Å². The van der Waals surface area contributed by atoms with Crippen LogP contribution in [-0.2, 0) is 24.1 Å². The molecule has 1 atom stereocenters. The molecule has 3 rings (SSSR count). The molecule has 0 radical (unpaired) electrons. The third-order valence-electron chi connectivity index (χ3n) is 4.17. The number of hydrogen-bond donors (Lipinski definition) is 0. The lowest BCUT2D eigenvalue weighted by Gasteiger charge is -2.26. The van der Waals surface area contributed by atoms with Crippen LogP contribution in [0.4, 0.5) is 0 Å². The minimum Gasteiger partial charge on any atom is -0.347 e. The Labute approximate surface area is 120 Å². The maximum Gasteiger partial charge on any atom is 0.140 e.